The van der Waals surface area contributed by atoms with Gasteiger partial charge in [0.05, 0.1) is 36.5 Å². The van der Waals surface area contributed by atoms with Gasteiger partial charge < -0.3 is 25.2 Å². The summed E-state index contributed by atoms with van der Waals surface area (Å²) in [6.07, 6.45) is 0. The molecule has 3 N–H and O–H groups in total. The second-order valence-electron chi connectivity index (χ2n) is 4.70. The van der Waals surface area contributed by atoms with Gasteiger partial charge in [-0.3, -0.25) is 4.79 Å². The summed E-state index contributed by atoms with van der Waals surface area (Å²) in [4.78, 5) is 25.3. The maximum atomic E-state index is 13.3. The van der Waals surface area contributed by atoms with Crippen molar-refractivity contribution in [3.8, 4) is 5.75 Å². The number of carbonyl (C=O) groups excluding carboxylic acids is 2. The summed E-state index contributed by atoms with van der Waals surface area (Å²) in [5.74, 6) is -2.58. The number of hydrogen-bond donors (Lipinski definition) is 3. The number of nitrogens with one attached hydrogen (secondary N) is 1. The highest BCUT2D eigenvalue weighted by Crippen LogP contribution is 2.32. The first-order valence-electron chi connectivity index (χ1n) is 6.55. The van der Waals surface area contributed by atoms with E-state index in [2.05, 4.69) is 10.1 Å². The first-order chi connectivity index (χ1) is 10.9. The van der Waals surface area contributed by atoms with Crippen LogP contribution in [0.4, 0.5) is 10.1 Å². The summed E-state index contributed by atoms with van der Waals surface area (Å²) in [5, 5.41) is 21.0. The number of anilines is 1. The van der Waals surface area contributed by atoms with E-state index in [0.29, 0.717) is 0 Å². The van der Waals surface area contributed by atoms with Crippen molar-refractivity contribution in [1.82, 2.24) is 4.90 Å². The number of aromatic hydroxyl groups is 1. The van der Waals surface area contributed by atoms with Crippen LogP contribution in [0.1, 0.15) is 0 Å². The molecule has 124 valence electrons. The van der Waals surface area contributed by atoms with Gasteiger partial charge in [0, 0.05) is 12.6 Å². The number of aliphatic hydroxyl groups is 1. The molecule has 7 nitrogen and oxygen atoms in total. The summed E-state index contributed by atoms with van der Waals surface area (Å²) in [7, 11) is 1.17. The van der Waals surface area contributed by atoms with E-state index in [1.807, 2.05) is 0 Å². The number of rotatable bonds is 5. The Bertz CT molecular complexity index is 692. The molecule has 1 aromatic rings. The summed E-state index contributed by atoms with van der Waals surface area (Å²) < 4.78 is 17.9. The average Bonchev–Trinajstić information content (AvgIpc) is 2.81. The molecule has 0 saturated heterocycles. The molecule has 0 saturated carbocycles. The fraction of sp³-hybridized carbons (Fsp3) is 0.286. The Kier molecular flexibility index (Phi) is 5.07. The van der Waals surface area contributed by atoms with Crippen LogP contribution in [0.15, 0.2) is 23.4 Å². The molecule has 0 spiro atoms. The topological polar surface area (TPSA) is 99.1 Å². The monoisotopic (exact) mass is 344 g/mol. The van der Waals surface area contributed by atoms with Gasteiger partial charge in [0.25, 0.3) is 5.91 Å². The fourth-order valence-electron chi connectivity index (χ4n) is 2.12. The van der Waals surface area contributed by atoms with Gasteiger partial charge in [-0.15, -0.1) is 0 Å². The van der Waals surface area contributed by atoms with Crippen molar-refractivity contribution in [1.29, 1.82) is 0 Å². The zero-order chi connectivity index (χ0) is 17.1. The first kappa shape index (κ1) is 17.0. The molecular formula is C14H14ClFN2O5. The number of phenols is 1. The van der Waals surface area contributed by atoms with Crippen molar-refractivity contribution >= 4 is 29.2 Å². The van der Waals surface area contributed by atoms with Gasteiger partial charge in [0.2, 0.25) is 0 Å². The first-order valence-corrected chi connectivity index (χ1v) is 6.93. The Balaban J connectivity index is 2.39. The highest BCUT2D eigenvalue weighted by Gasteiger charge is 2.34. The molecule has 1 aromatic carbocycles. The van der Waals surface area contributed by atoms with E-state index in [1.54, 1.807) is 0 Å². The normalized spacial score (nSPS) is 14.4. The van der Waals surface area contributed by atoms with Crippen LogP contribution in [0.3, 0.4) is 0 Å². The van der Waals surface area contributed by atoms with E-state index < -0.39 is 23.4 Å². The Morgan fingerprint density at radius 1 is 1.52 bits per heavy atom. The highest BCUT2D eigenvalue weighted by atomic mass is 35.5. The second-order valence-corrected chi connectivity index (χ2v) is 5.11. The number of amides is 1. The number of benzene rings is 1. The second kappa shape index (κ2) is 6.84. The van der Waals surface area contributed by atoms with Gasteiger partial charge in [0.1, 0.15) is 17.3 Å². The smallest absolute Gasteiger partial charge is 0.337 e. The highest BCUT2D eigenvalue weighted by molar-refractivity contribution is 6.31. The molecule has 1 aliphatic rings. The molecule has 0 bridgehead atoms. The van der Waals surface area contributed by atoms with Crippen LogP contribution in [0, 0.1) is 5.82 Å². The van der Waals surface area contributed by atoms with Crippen LogP contribution < -0.4 is 5.32 Å². The lowest BCUT2D eigenvalue weighted by molar-refractivity contribution is -0.136. The fourth-order valence-corrected chi connectivity index (χ4v) is 2.28. The third kappa shape index (κ3) is 3.38. The molecule has 0 fully saturated rings. The number of esters is 1. The van der Waals surface area contributed by atoms with Crippen molar-refractivity contribution < 1.29 is 28.9 Å². The average molecular weight is 345 g/mol. The summed E-state index contributed by atoms with van der Waals surface area (Å²) >= 11 is 5.65. The number of phenolic OH excluding ortho intramolecular Hbond substituents is 1. The summed E-state index contributed by atoms with van der Waals surface area (Å²) in [5.41, 5.74) is -0.124. The molecule has 1 amide bonds. The lowest BCUT2D eigenvalue weighted by atomic mass is 10.2. The van der Waals surface area contributed by atoms with Crippen LogP contribution in [-0.4, -0.2) is 53.8 Å². The van der Waals surface area contributed by atoms with E-state index in [-0.39, 0.29) is 41.7 Å². The Morgan fingerprint density at radius 3 is 2.83 bits per heavy atom. The van der Waals surface area contributed by atoms with Gasteiger partial charge in [-0.25, -0.2) is 9.18 Å². The van der Waals surface area contributed by atoms with Crippen molar-refractivity contribution in [3.63, 3.8) is 0 Å². The van der Waals surface area contributed by atoms with E-state index >= 15 is 0 Å². The number of hydrogen-bond acceptors (Lipinski definition) is 6. The third-order valence-electron chi connectivity index (χ3n) is 3.25. The maximum Gasteiger partial charge on any atom is 0.337 e. The molecular weight excluding hydrogens is 331 g/mol. The standard InChI is InChI=1S/C14H14ClFN2O5/c1-23-14(22)7-6-18(2-3-19)13(21)12(7)17-10-4-8(15)9(16)5-11(10)20/h4-5,17,19-20H,2-3,6H2,1H3. The van der Waals surface area contributed by atoms with Crippen molar-refractivity contribution in [3.05, 3.63) is 34.2 Å². The van der Waals surface area contributed by atoms with Gasteiger partial charge in [0.15, 0.2) is 0 Å². The van der Waals surface area contributed by atoms with Gasteiger partial charge in [-0.05, 0) is 6.07 Å². The van der Waals surface area contributed by atoms with E-state index in [4.69, 9.17) is 16.7 Å². The number of halogens is 2. The minimum atomic E-state index is -0.823. The van der Waals surface area contributed by atoms with Gasteiger partial charge in [-0.1, -0.05) is 11.6 Å². The van der Waals surface area contributed by atoms with Gasteiger partial charge in [-0.2, -0.15) is 0 Å². The van der Waals surface area contributed by atoms with Crippen LogP contribution >= 0.6 is 11.6 Å². The molecule has 1 heterocycles. The number of aliphatic hydroxyl groups excluding tert-OH is 1. The molecule has 0 atom stereocenters. The Labute approximate surface area is 135 Å². The van der Waals surface area contributed by atoms with Crippen LogP contribution in [0.5, 0.6) is 5.75 Å². The molecule has 23 heavy (non-hydrogen) atoms. The molecule has 9 heteroatoms. The lowest BCUT2D eigenvalue weighted by Gasteiger charge is -2.15. The van der Waals surface area contributed by atoms with E-state index in [0.717, 1.165) is 12.1 Å². The Morgan fingerprint density at radius 2 is 2.22 bits per heavy atom. The minimum absolute atomic E-state index is 0.0284. The van der Waals surface area contributed by atoms with Crippen molar-refractivity contribution in [2.75, 3.05) is 32.1 Å². The molecule has 1 aliphatic heterocycles. The Hall–Kier alpha value is -2.32. The van der Waals surface area contributed by atoms with Crippen molar-refractivity contribution in [2.24, 2.45) is 0 Å². The van der Waals surface area contributed by atoms with Crippen LogP contribution in [0.25, 0.3) is 0 Å². The lowest BCUT2D eigenvalue weighted by Crippen LogP contribution is -2.31. The van der Waals surface area contributed by atoms with Crippen LogP contribution in [-0.2, 0) is 14.3 Å². The molecule has 0 aromatic heterocycles. The zero-order valence-electron chi connectivity index (χ0n) is 12.1. The number of β-amino-alcohol motifs (C(OH)–C–C–N with tert-alkyl or cyclic N) is 1. The largest absolute Gasteiger partial charge is 0.506 e. The SMILES string of the molecule is COC(=O)C1=C(Nc2cc(Cl)c(F)cc2O)C(=O)N(CCO)C1. The van der Waals surface area contributed by atoms with Crippen molar-refractivity contribution in [2.45, 2.75) is 0 Å². The number of nitrogens with zero attached hydrogens (tertiary/aromatic N) is 1. The maximum absolute atomic E-state index is 13.3. The van der Waals surface area contributed by atoms with Crippen LogP contribution in [0.2, 0.25) is 5.02 Å². The predicted octanol–water partition coefficient (Wildman–Crippen LogP) is 0.858. The summed E-state index contributed by atoms with van der Waals surface area (Å²) in [6, 6.07) is 1.88. The molecule has 2 rings (SSSR count). The molecule has 0 radical (unpaired) electrons. The van der Waals surface area contributed by atoms with Gasteiger partial charge >= 0.3 is 5.97 Å². The molecule has 0 aliphatic carbocycles. The zero-order valence-corrected chi connectivity index (χ0v) is 12.9. The minimum Gasteiger partial charge on any atom is -0.506 e. The predicted molar refractivity (Wildman–Crippen MR) is 79.4 cm³/mol. The number of ether oxygens (including phenoxy) is 1. The quantitative estimate of drug-likeness (QED) is 0.541. The van der Waals surface area contributed by atoms with E-state index in [9.17, 15) is 19.1 Å². The molecule has 0 unspecified atom stereocenters. The number of carbonyl (C=O) groups is 2. The summed E-state index contributed by atoms with van der Waals surface area (Å²) in [6.45, 7) is -0.300. The number of methoxy groups -OCH3 is 1. The van der Waals surface area contributed by atoms with E-state index in [1.165, 1.54) is 12.0 Å². The third-order valence-corrected chi connectivity index (χ3v) is 3.54.